The Morgan fingerprint density at radius 2 is 2.10 bits per heavy atom. The molecule has 2 heterocycles. The van der Waals surface area contributed by atoms with Crippen LogP contribution in [0.5, 0.6) is 0 Å². The van der Waals surface area contributed by atoms with E-state index in [1.165, 1.54) is 50.3 Å². The van der Waals surface area contributed by atoms with E-state index in [0.717, 1.165) is 18.9 Å². The summed E-state index contributed by atoms with van der Waals surface area (Å²) < 4.78 is 2.45. The second-order valence-corrected chi connectivity index (χ2v) is 6.95. The van der Waals surface area contributed by atoms with Gasteiger partial charge in [0.1, 0.15) is 0 Å². The lowest BCUT2D eigenvalue weighted by Gasteiger charge is -2.29. The minimum absolute atomic E-state index is 0.411. The average molecular weight is 274 g/mol. The number of anilines is 1. The zero-order valence-corrected chi connectivity index (χ0v) is 12.5. The molecule has 110 valence electrons. The van der Waals surface area contributed by atoms with E-state index in [9.17, 15) is 0 Å². The Morgan fingerprint density at radius 1 is 1.25 bits per heavy atom. The number of nitrogens with zero attached hydrogens (tertiary/aromatic N) is 3. The topological polar surface area (TPSA) is 47.1 Å². The van der Waals surface area contributed by atoms with Gasteiger partial charge in [-0.15, -0.1) is 0 Å². The molecule has 1 aromatic rings. The molecular weight excluding hydrogens is 248 g/mol. The predicted molar refractivity (Wildman–Crippen MR) is 80.9 cm³/mol. The highest BCUT2D eigenvalue weighted by atomic mass is 15.3. The van der Waals surface area contributed by atoms with Crippen LogP contribution in [0, 0.1) is 11.8 Å². The van der Waals surface area contributed by atoms with E-state index in [2.05, 4.69) is 22.6 Å². The Bertz CT molecular complexity index is 491. The summed E-state index contributed by atoms with van der Waals surface area (Å²) in [5.74, 6) is 2.72. The molecule has 4 heteroatoms. The van der Waals surface area contributed by atoms with E-state index in [1.54, 1.807) is 0 Å². The van der Waals surface area contributed by atoms with Crippen LogP contribution in [-0.4, -0.2) is 28.7 Å². The molecule has 0 radical (unpaired) electrons. The van der Waals surface area contributed by atoms with Crippen LogP contribution in [0.25, 0.3) is 0 Å². The monoisotopic (exact) mass is 274 g/mol. The van der Waals surface area contributed by atoms with Crippen molar-refractivity contribution in [1.29, 1.82) is 0 Å². The summed E-state index contributed by atoms with van der Waals surface area (Å²) >= 11 is 0. The second kappa shape index (κ2) is 4.76. The first-order valence-electron chi connectivity index (χ1n) is 8.34. The first kappa shape index (κ1) is 12.7. The lowest BCUT2D eigenvalue weighted by Crippen LogP contribution is -2.38. The lowest BCUT2D eigenvalue weighted by molar-refractivity contribution is 0.260. The van der Waals surface area contributed by atoms with Crippen molar-refractivity contribution in [3.63, 3.8) is 0 Å². The van der Waals surface area contributed by atoms with Crippen molar-refractivity contribution in [3.8, 4) is 0 Å². The third-order valence-corrected chi connectivity index (χ3v) is 5.50. The molecule has 2 N–H and O–H groups in total. The van der Waals surface area contributed by atoms with Gasteiger partial charge in [0.15, 0.2) is 0 Å². The first-order chi connectivity index (χ1) is 9.76. The number of imidazole rings is 1. The summed E-state index contributed by atoms with van der Waals surface area (Å²) in [4.78, 5) is 7.43. The number of rotatable bonds is 3. The van der Waals surface area contributed by atoms with Gasteiger partial charge in [0.2, 0.25) is 5.95 Å². The highest BCUT2D eigenvalue weighted by Crippen LogP contribution is 2.42. The number of hydrogen-bond acceptors (Lipinski definition) is 3. The fourth-order valence-electron chi connectivity index (χ4n) is 4.14. The van der Waals surface area contributed by atoms with Crippen LogP contribution in [0.1, 0.15) is 50.8 Å². The van der Waals surface area contributed by atoms with Gasteiger partial charge in [-0.3, -0.25) is 0 Å². The van der Waals surface area contributed by atoms with Crippen molar-refractivity contribution in [2.24, 2.45) is 17.6 Å². The molecule has 3 aliphatic rings. The molecule has 1 saturated heterocycles. The maximum absolute atomic E-state index is 6.35. The summed E-state index contributed by atoms with van der Waals surface area (Å²) in [6.07, 6.45) is 9.86. The Labute approximate surface area is 121 Å². The summed E-state index contributed by atoms with van der Waals surface area (Å²) in [5.41, 5.74) is 7.59. The van der Waals surface area contributed by atoms with Crippen molar-refractivity contribution < 1.29 is 0 Å². The van der Waals surface area contributed by atoms with Crippen molar-refractivity contribution in [1.82, 2.24) is 9.55 Å². The second-order valence-electron chi connectivity index (χ2n) is 6.95. The van der Waals surface area contributed by atoms with Gasteiger partial charge >= 0.3 is 0 Å². The van der Waals surface area contributed by atoms with Gasteiger partial charge in [0.05, 0.1) is 5.69 Å². The molecule has 4 nitrogen and oxygen atoms in total. The molecule has 3 unspecified atom stereocenters. The molecule has 0 aromatic carbocycles. The number of fused-ring (bicyclic) bond motifs is 1. The SMILES string of the molecule is CCc1cn(C2CC2)c(N2CC3CCCC(N)C3C2)n1. The fraction of sp³-hybridized carbons (Fsp3) is 0.812. The molecule has 2 saturated carbocycles. The number of nitrogens with two attached hydrogens (primary N) is 1. The Hall–Kier alpha value is -1.03. The first-order valence-corrected chi connectivity index (χ1v) is 8.34. The minimum Gasteiger partial charge on any atom is -0.342 e. The number of aromatic nitrogens is 2. The van der Waals surface area contributed by atoms with Crippen LogP contribution in [0.15, 0.2) is 6.20 Å². The van der Waals surface area contributed by atoms with E-state index in [4.69, 9.17) is 10.7 Å². The standard InChI is InChI=1S/C16H26N4/c1-2-12-9-20(13-6-7-13)16(18-12)19-8-11-4-3-5-15(17)14(11)10-19/h9,11,13-15H,2-8,10,17H2,1H3. The van der Waals surface area contributed by atoms with Gasteiger partial charge in [-0.25, -0.2) is 4.98 Å². The number of aryl methyl sites for hydroxylation is 1. The van der Waals surface area contributed by atoms with E-state index < -0.39 is 0 Å². The zero-order valence-electron chi connectivity index (χ0n) is 12.5. The third kappa shape index (κ3) is 2.05. The molecule has 0 spiro atoms. The normalized spacial score (nSPS) is 33.5. The van der Waals surface area contributed by atoms with Gasteiger partial charge in [-0.1, -0.05) is 13.3 Å². The Kier molecular flexibility index (Phi) is 3.02. The van der Waals surface area contributed by atoms with E-state index in [-0.39, 0.29) is 0 Å². The van der Waals surface area contributed by atoms with Gasteiger partial charge < -0.3 is 15.2 Å². The Balaban J connectivity index is 1.60. The van der Waals surface area contributed by atoms with Crippen molar-refractivity contribution in [3.05, 3.63) is 11.9 Å². The predicted octanol–water partition coefficient (Wildman–Crippen LogP) is 2.34. The van der Waals surface area contributed by atoms with Gasteiger partial charge in [-0.05, 0) is 43.9 Å². The van der Waals surface area contributed by atoms with E-state index in [0.29, 0.717) is 18.0 Å². The molecule has 3 fully saturated rings. The van der Waals surface area contributed by atoms with Crippen molar-refractivity contribution in [2.75, 3.05) is 18.0 Å². The average Bonchev–Trinajstić information content (AvgIpc) is 3.05. The van der Waals surface area contributed by atoms with Crippen molar-refractivity contribution >= 4 is 5.95 Å². The van der Waals surface area contributed by atoms with Crippen LogP contribution in [0.3, 0.4) is 0 Å². The van der Waals surface area contributed by atoms with E-state index >= 15 is 0 Å². The maximum atomic E-state index is 6.35. The smallest absolute Gasteiger partial charge is 0.205 e. The van der Waals surface area contributed by atoms with Gasteiger partial charge in [0, 0.05) is 31.4 Å². The summed E-state index contributed by atoms with van der Waals surface area (Å²) in [5, 5.41) is 0. The van der Waals surface area contributed by atoms with Crippen LogP contribution >= 0.6 is 0 Å². The molecule has 3 atom stereocenters. The van der Waals surface area contributed by atoms with Crippen LogP contribution in [0.2, 0.25) is 0 Å². The molecule has 0 bridgehead atoms. The highest BCUT2D eigenvalue weighted by Gasteiger charge is 2.41. The van der Waals surface area contributed by atoms with E-state index in [1.807, 2.05) is 0 Å². The molecule has 4 rings (SSSR count). The van der Waals surface area contributed by atoms with Crippen LogP contribution in [0.4, 0.5) is 5.95 Å². The molecule has 1 aliphatic heterocycles. The van der Waals surface area contributed by atoms with Crippen molar-refractivity contribution in [2.45, 2.75) is 57.5 Å². The highest BCUT2D eigenvalue weighted by molar-refractivity contribution is 5.37. The van der Waals surface area contributed by atoms with Crippen LogP contribution < -0.4 is 10.6 Å². The molecule has 0 amide bonds. The summed E-state index contributed by atoms with van der Waals surface area (Å²) in [6.45, 7) is 4.49. The maximum Gasteiger partial charge on any atom is 0.205 e. The summed E-state index contributed by atoms with van der Waals surface area (Å²) in [6, 6.07) is 1.13. The largest absolute Gasteiger partial charge is 0.342 e. The molecular formula is C16H26N4. The summed E-state index contributed by atoms with van der Waals surface area (Å²) in [7, 11) is 0. The quantitative estimate of drug-likeness (QED) is 0.920. The molecule has 1 aromatic heterocycles. The van der Waals surface area contributed by atoms with Gasteiger partial charge in [-0.2, -0.15) is 0 Å². The van der Waals surface area contributed by atoms with Crippen LogP contribution in [-0.2, 0) is 6.42 Å². The Morgan fingerprint density at radius 3 is 2.80 bits per heavy atom. The zero-order chi connectivity index (χ0) is 13.7. The van der Waals surface area contributed by atoms with Gasteiger partial charge in [0.25, 0.3) is 0 Å². The molecule has 2 aliphatic carbocycles. The lowest BCUT2D eigenvalue weighted by atomic mass is 9.78. The number of hydrogen-bond donors (Lipinski definition) is 1. The fourth-order valence-corrected chi connectivity index (χ4v) is 4.14. The minimum atomic E-state index is 0.411. The molecule has 20 heavy (non-hydrogen) atoms. The third-order valence-electron chi connectivity index (χ3n) is 5.50.